The minimum Gasteiger partial charge on any atom is -0.368 e. The van der Waals surface area contributed by atoms with Gasteiger partial charge in [-0.25, -0.2) is 0 Å². The van der Waals surface area contributed by atoms with E-state index < -0.39 is 11.7 Å². The second kappa shape index (κ2) is 3.81. The van der Waals surface area contributed by atoms with Gasteiger partial charge in [-0.15, -0.1) is 0 Å². The molecule has 1 aromatic carbocycles. The number of hydrogen-bond donors (Lipinski definition) is 1. The molecule has 0 bridgehead atoms. The van der Waals surface area contributed by atoms with Crippen LogP contribution in [0.4, 0.5) is 13.2 Å². The molecule has 0 saturated heterocycles. The standard InChI is InChI=1S/C11H11F3N2/c1-7-6-15-10(16-7)8-2-4-9(5-3-8)11(12,13)14/h2-5,7H,6H2,1H3,(H,15,16). The second-order valence-electron chi connectivity index (χ2n) is 3.78. The Morgan fingerprint density at radius 2 is 1.88 bits per heavy atom. The van der Waals surface area contributed by atoms with E-state index in [-0.39, 0.29) is 6.04 Å². The highest BCUT2D eigenvalue weighted by molar-refractivity contribution is 5.99. The van der Waals surface area contributed by atoms with Gasteiger partial charge in [-0.1, -0.05) is 12.1 Å². The van der Waals surface area contributed by atoms with Crippen molar-refractivity contribution in [2.75, 3.05) is 6.54 Å². The SMILES string of the molecule is CC1CNC(c2ccc(C(F)(F)F)cc2)=N1. The van der Waals surface area contributed by atoms with Crippen LogP contribution in [0, 0.1) is 0 Å². The molecule has 0 amide bonds. The first kappa shape index (κ1) is 11.0. The van der Waals surface area contributed by atoms with Crippen LogP contribution >= 0.6 is 0 Å². The number of hydrogen-bond acceptors (Lipinski definition) is 2. The van der Waals surface area contributed by atoms with Gasteiger partial charge in [0.1, 0.15) is 5.84 Å². The topological polar surface area (TPSA) is 24.4 Å². The molecule has 0 fully saturated rings. The molecule has 0 saturated carbocycles. The van der Waals surface area contributed by atoms with Crippen molar-refractivity contribution in [1.29, 1.82) is 0 Å². The van der Waals surface area contributed by atoms with Crippen LogP contribution in [0.1, 0.15) is 18.1 Å². The van der Waals surface area contributed by atoms with Crippen molar-refractivity contribution in [3.05, 3.63) is 35.4 Å². The van der Waals surface area contributed by atoms with E-state index in [4.69, 9.17) is 0 Å². The van der Waals surface area contributed by atoms with Gasteiger partial charge in [-0.05, 0) is 19.1 Å². The van der Waals surface area contributed by atoms with E-state index >= 15 is 0 Å². The lowest BCUT2D eigenvalue weighted by Crippen LogP contribution is -2.21. The summed E-state index contributed by atoms with van der Waals surface area (Å²) in [4.78, 5) is 4.27. The maximum absolute atomic E-state index is 12.3. The third kappa shape index (κ3) is 2.18. The molecule has 5 heteroatoms. The fraction of sp³-hybridized carbons (Fsp3) is 0.364. The molecule has 1 aliphatic rings. The molecule has 1 heterocycles. The first-order chi connectivity index (χ1) is 7.47. The Hall–Kier alpha value is -1.52. The lowest BCUT2D eigenvalue weighted by Gasteiger charge is -2.07. The summed E-state index contributed by atoms with van der Waals surface area (Å²) in [6.07, 6.45) is -4.28. The van der Waals surface area contributed by atoms with Crippen molar-refractivity contribution < 1.29 is 13.2 Å². The lowest BCUT2D eigenvalue weighted by molar-refractivity contribution is -0.137. The summed E-state index contributed by atoms with van der Waals surface area (Å²) in [7, 11) is 0. The molecule has 1 unspecified atom stereocenters. The molecule has 1 N–H and O–H groups in total. The average molecular weight is 228 g/mol. The van der Waals surface area contributed by atoms with Gasteiger partial charge in [0.05, 0.1) is 11.6 Å². The molecule has 16 heavy (non-hydrogen) atoms. The third-order valence-corrected chi connectivity index (χ3v) is 2.40. The van der Waals surface area contributed by atoms with E-state index in [1.165, 1.54) is 12.1 Å². The van der Waals surface area contributed by atoms with E-state index in [9.17, 15) is 13.2 Å². The maximum atomic E-state index is 12.3. The van der Waals surface area contributed by atoms with Crippen LogP contribution in [0.25, 0.3) is 0 Å². The second-order valence-corrected chi connectivity index (χ2v) is 3.78. The summed E-state index contributed by atoms with van der Waals surface area (Å²) in [5, 5.41) is 3.05. The molecular formula is C11H11F3N2. The Balaban J connectivity index is 2.23. The summed E-state index contributed by atoms with van der Waals surface area (Å²) in [5.74, 6) is 0.668. The molecule has 0 aromatic heterocycles. The van der Waals surface area contributed by atoms with E-state index in [0.29, 0.717) is 11.4 Å². The fourth-order valence-corrected chi connectivity index (χ4v) is 1.55. The van der Waals surface area contributed by atoms with Crippen LogP contribution in [0.5, 0.6) is 0 Å². The first-order valence-corrected chi connectivity index (χ1v) is 4.96. The molecule has 86 valence electrons. The summed E-state index contributed by atoms with van der Waals surface area (Å²) in [6, 6.07) is 5.20. The van der Waals surface area contributed by atoms with Crippen LogP contribution in [0.2, 0.25) is 0 Å². The van der Waals surface area contributed by atoms with E-state index in [1.807, 2.05) is 6.92 Å². The number of halogens is 3. The Morgan fingerprint density at radius 3 is 2.31 bits per heavy atom. The number of alkyl halides is 3. The molecule has 1 aliphatic heterocycles. The van der Waals surface area contributed by atoms with Crippen molar-refractivity contribution in [1.82, 2.24) is 5.32 Å². The Bertz CT molecular complexity index is 406. The predicted octanol–water partition coefficient (Wildman–Crippen LogP) is 2.44. The number of amidine groups is 1. The van der Waals surface area contributed by atoms with Crippen molar-refractivity contribution in [3.8, 4) is 0 Å². The highest BCUT2D eigenvalue weighted by Gasteiger charge is 2.30. The molecule has 2 rings (SSSR count). The zero-order valence-electron chi connectivity index (χ0n) is 8.67. The molecule has 0 spiro atoms. The zero-order valence-corrected chi connectivity index (χ0v) is 8.67. The third-order valence-electron chi connectivity index (χ3n) is 2.40. The Kier molecular flexibility index (Phi) is 2.61. The fourth-order valence-electron chi connectivity index (χ4n) is 1.55. The van der Waals surface area contributed by atoms with Gasteiger partial charge in [-0.2, -0.15) is 13.2 Å². The normalized spacial score (nSPS) is 20.5. The van der Waals surface area contributed by atoms with Gasteiger partial charge in [0.25, 0.3) is 0 Å². The van der Waals surface area contributed by atoms with Gasteiger partial charge in [0.15, 0.2) is 0 Å². The zero-order chi connectivity index (χ0) is 11.8. The van der Waals surface area contributed by atoms with Crippen molar-refractivity contribution in [2.45, 2.75) is 19.1 Å². The number of benzene rings is 1. The summed E-state index contributed by atoms with van der Waals surface area (Å²) in [6.45, 7) is 2.68. The molecule has 0 aliphatic carbocycles. The van der Waals surface area contributed by atoms with E-state index in [1.54, 1.807) is 0 Å². The monoisotopic (exact) mass is 228 g/mol. The van der Waals surface area contributed by atoms with Crippen molar-refractivity contribution in [2.24, 2.45) is 4.99 Å². The summed E-state index contributed by atoms with van der Waals surface area (Å²) in [5.41, 5.74) is 0.0558. The number of aliphatic imine (C=N–C) groups is 1. The molecule has 1 atom stereocenters. The van der Waals surface area contributed by atoms with Crippen LogP contribution in [-0.2, 0) is 6.18 Å². The van der Waals surface area contributed by atoms with Gasteiger partial charge in [-0.3, -0.25) is 4.99 Å². The van der Waals surface area contributed by atoms with E-state index in [0.717, 1.165) is 18.7 Å². The molecule has 1 aromatic rings. The van der Waals surface area contributed by atoms with Gasteiger partial charge < -0.3 is 5.32 Å². The first-order valence-electron chi connectivity index (χ1n) is 4.96. The molecular weight excluding hydrogens is 217 g/mol. The lowest BCUT2D eigenvalue weighted by atomic mass is 10.1. The highest BCUT2D eigenvalue weighted by atomic mass is 19.4. The molecule has 2 nitrogen and oxygen atoms in total. The Labute approximate surface area is 91.2 Å². The number of rotatable bonds is 1. The van der Waals surface area contributed by atoms with Crippen LogP contribution in [0.3, 0.4) is 0 Å². The quantitative estimate of drug-likeness (QED) is 0.784. The highest BCUT2D eigenvalue weighted by Crippen LogP contribution is 2.29. The van der Waals surface area contributed by atoms with Crippen molar-refractivity contribution in [3.63, 3.8) is 0 Å². The largest absolute Gasteiger partial charge is 0.416 e. The van der Waals surface area contributed by atoms with Crippen LogP contribution in [-0.4, -0.2) is 18.4 Å². The smallest absolute Gasteiger partial charge is 0.368 e. The number of nitrogens with zero attached hydrogens (tertiary/aromatic N) is 1. The van der Waals surface area contributed by atoms with Gasteiger partial charge in [0, 0.05) is 12.1 Å². The summed E-state index contributed by atoms with van der Waals surface area (Å²) >= 11 is 0. The van der Waals surface area contributed by atoms with Crippen LogP contribution < -0.4 is 5.32 Å². The maximum Gasteiger partial charge on any atom is 0.416 e. The average Bonchev–Trinajstić information content (AvgIpc) is 2.64. The number of nitrogens with one attached hydrogen (secondary N) is 1. The summed E-state index contributed by atoms with van der Waals surface area (Å²) < 4.78 is 36.9. The molecule has 0 radical (unpaired) electrons. The van der Waals surface area contributed by atoms with Crippen LogP contribution in [0.15, 0.2) is 29.3 Å². The van der Waals surface area contributed by atoms with Gasteiger partial charge in [0.2, 0.25) is 0 Å². The minimum absolute atomic E-state index is 0.178. The van der Waals surface area contributed by atoms with Crippen molar-refractivity contribution >= 4 is 5.84 Å². The Morgan fingerprint density at radius 1 is 1.25 bits per heavy atom. The predicted molar refractivity (Wildman–Crippen MR) is 55.4 cm³/mol. The van der Waals surface area contributed by atoms with E-state index in [2.05, 4.69) is 10.3 Å². The minimum atomic E-state index is -4.28. The van der Waals surface area contributed by atoms with Gasteiger partial charge >= 0.3 is 6.18 Å².